The lowest BCUT2D eigenvalue weighted by Gasteiger charge is -2.21. The summed E-state index contributed by atoms with van der Waals surface area (Å²) in [5, 5.41) is 9.71. The molecule has 0 saturated heterocycles. The topological polar surface area (TPSA) is 40.5 Å². The Morgan fingerprint density at radius 2 is 1.76 bits per heavy atom. The van der Waals surface area contributed by atoms with Crippen LogP contribution in [0.15, 0.2) is 59.5 Å². The second-order valence-corrected chi connectivity index (χ2v) is 5.67. The molecule has 2 aromatic carbocycles. The first-order chi connectivity index (χ1) is 10.2. The summed E-state index contributed by atoms with van der Waals surface area (Å²) in [6.45, 7) is 3.28. The summed E-state index contributed by atoms with van der Waals surface area (Å²) < 4.78 is 0. The molecule has 0 aliphatic rings. The van der Waals surface area contributed by atoms with Gasteiger partial charge in [0.1, 0.15) is 5.75 Å². The molecule has 0 aromatic heterocycles. The fourth-order valence-electron chi connectivity index (χ4n) is 1.99. The smallest absolute Gasteiger partial charge is 0.233 e. The van der Waals surface area contributed by atoms with Crippen LogP contribution in [0.4, 0.5) is 0 Å². The van der Waals surface area contributed by atoms with Gasteiger partial charge in [0.25, 0.3) is 0 Å². The SMILES string of the molecule is CCN(Cc1ccccc1)C(=O)CSc1ccccc1O. The molecule has 0 heterocycles. The fourth-order valence-corrected chi connectivity index (χ4v) is 2.84. The van der Waals surface area contributed by atoms with Crippen molar-refractivity contribution in [2.24, 2.45) is 0 Å². The Bertz CT molecular complexity index is 586. The third-order valence-corrected chi connectivity index (χ3v) is 4.21. The summed E-state index contributed by atoms with van der Waals surface area (Å²) in [4.78, 5) is 14.8. The van der Waals surface area contributed by atoms with Gasteiger partial charge in [-0.1, -0.05) is 42.5 Å². The maximum absolute atomic E-state index is 12.3. The summed E-state index contributed by atoms with van der Waals surface area (Å²) in [7, 11) is 0. The number of thioether (sulfide) groups is 1. The molecule has 0 unspecified atom stereocenters. The molecule has 0 fully saturated rings. The second kappa shape index (κ2) is 7.74. The molecule has 0 aliphatic heterocycles. The van der Waals surface area contributed by atoms with Gasteiger partial charge in [-0.05, 0) is 24.6 Å². The molecule has 0 bridgehead atoms. The van der Waals surface area contributed by atoms with Gasteiger partial charge in [-0.25, -0.2) is 0 Å². The van der Waals surface area contributed by atoms with Crippen molar-refractivity contribution in [3.05, 3.63) is 60.2 Å². The summed E-state index contributed by atoms with van der Waals surface area (Å²) in [5.41, 5.74) is 1.13. The molecule has 1 N–H and O–H groups in total. The van der Waals surface area contributed by atoms with Crippen LogP contribution in [-0.2, 0) is 11.3 Å². The molecule has 4 heteroatoms. The number of carbonyl (C=O) groups is 1. The standard InChI is InChI=1S/C17H19NO2S/c1-2-18(12-14-8-4-3-5-9-14)17(20)13-21-16-11-7-6-10-15(16)19/h3-11,19H,2,12-13H2,1H3. The van der Waals surface area contributed by atoms with Crippen LogP contribution in [0.25, 0.3) is 0 Å². The number of carbonyl (C=O) groups excluding carboxylic acids is 1. The molecule has 1 amide bonds. The van der Waals surface area contributed by atoms with E-state index in [1.54, 1.807) is 12.1 Å². The minimum Gasteiger partial charge on any atom is -0.507 e. The van der Waals surface area contributed by atoms with Crippen LogP contribution in [0.5, 0.6) is 5.75 Å². The Morgan fingerprint density at radius 3 is 2.43 bits per heavy atom. The summed E-state index contributed by atoms with van der Waals surface area (Å²) in [5.74, 6) is 0.633. The zero-order chi connectivity index (χ0) is 15.1. The number of benzene rings is 2. The minimum absolute atomic E-state index is 0.0783. The molecule has 0 radical (unpaired) electrons. The Labute approximate surface area is 129 Å². The van der Waals surface area contributed by atoms with Crippen LogP contribution in [-0.4, -0.2) is 28.2 Å². The first-order valence-electron chi connectivity index (χ1n) is 6.93. The third kappa shape index (κ3) is 4.53. The number of amides is 1. The van der Waals surface area contributed by atoms with Crippen LogP contribution in [0.1, 0.15) is 12.5 Å². The van der Waals surface area contributed by atoms with E-state index in [0.29, 0.717) is 18.8 Å². The number of hydrogen-bond acceptors (Lipinski definition) is 3. The molecule has 2 rings (SSSR count). The average molecular weight is 301 g/mol. The number of hydrogen-bond donors (Lipinski definition) is 1. The average Bonchev–Trinajstić information content (AvgIpc) is 2.52. The summed E-state index contributed by atoms with van der Waals surface area (Å²) in [6, 6.07) is 17.0. The largest absolute Gasteiger partial charge is 0.507 e. The predicted octanol–water partition coefficient (Wildman–Crippen LogP) is 3.53. The number of nitrogens with zero attached hydrogens (tertiary/aromatic N) is 1. The maximum atomic E-state index is 12.3. The van der Waals surface area contributed by atoms with Gasteiger partial charge in [0.15, 0.2) is 0 Å². The minimum atomic E-state index is 0.0783. The lowest BCUT2D eigenvalue weighted by Crippen LogP contribution is -2.31. The van der Waals surface area contributed by atoms with E-state index in [1.165, 1.54) is 11.8 Å². The molecule has 0 aliphatic carbocycles. The van der Waals surface area contributed by atoms with Crippen LogP contribution >= 0.6 is 11.8 Å². The lowest BCUT2D eigenvalue weighted by atomic mass is 10.2. The zero-order valence-electron chi connectivity index (χ0n) is 12.0. The van der Waals surface area contributed by atoms with Crippen molar-refractivity contribution in [3.63, 3.8) is 0 Å². The number of aromatic hydroxyl groups is 1. The van der Waals surface area contributed by atoms with Crippen molar-refractivity contribution in [2.75, 3.05) is 12.3 Å². The van der Waals surface area contributed by atoms with Crippen LogP contribution < -0.4 is 0 Å². The normalized spacial score (nSPS) is 10.3. The monoisotopic (exact) mass is 301 g/mol. The highest BCUT2D eigenvalue weighted by Gasteiger charge is 2.13. The Balaban J connectivity index is 1.93. The van der Waals surface area contributed by atoms with Crippen molar-refractivity contribution >= 4 is 17.7 Å². The van der Waals surface area contributed by atoms with Crippen LogP contribution in [0, 0.1) is 0 Å². The van der Waals surface area contributed by atoms with Crippen molar-refractivity contribution < 1.29 is 9.90 Å². The van der Waals surface area contributed by atoms with Crippen molar-refractivity contribution in [1.29, 1.82) is 0 Å². The van der Waals surface area contributed by atoms with E-state index < -0.39 is 0 Å². The van der Waals surface area contributed by atoms with Gasteiger partial charge < -0.3 is 10.0 Å². The Morgan fingerprint density at radius 1 is 1.10 bits per heavy atom. The lowest BCUT2D eigenvalue weighted by molar-refractivity contribution is -0.128. The maximum Gasteiger partial charge on any atom is 0.233 e. The van der Waals surface area contributed by atoms with Gasteiger partial charge in [0.05, 0.1) is 5.75 Å². The number of phenolic OH excluding ortho intramolecular Hbond substituents is 1. The van der Waals surface area contributed by atoms with E-state index in [4.69, 9.17) is 0 Å². The van der Waals surface area contributed by atoms with Gasteiger partial charge >= 0.3 is 0 Å². The highest BCUT2D eigenvalue weighted by molar-refractivity contribution is 8.00. The van der Waals surface area contributed by atoms with E-state index in [0.717, 1.165) is 10.5 Å². The van der Waals surface area contributed by atoms with Crippen molar-refractivity contribution in [3.8, 4) is 5.75 Å². The van der Waals surface area contributed by atoms with Gasteiger partial charge in [-0.15, -0.1) is 11.8 Å². The highest BCUT2D eigenvalue weighted by Crippen LogP contribution is 2.27. The van der Waals surface area contributed by atoms with Gasteiger partial charge in [-0.3, -0.25) is 4.79 Å². The third-order valence-electron chi connectivity index (χ3n) is 3.17. The van der Waals surface area contributed by atoms with Crippen LogP contribution in [0.3, 0.4) is 0 Å². The predicted molar refractivity (Wildman–Crippen MR) is 86.4 cm³/mol. The second-order valence-electron chi connectivity index (χ2n) is 4.65. The molecule has 3 nitrogen and oxygen atoms in total. The van der Waals surface area contributed by atoms with E-state index >= 15 is 0 Å². The number of phenols is 1. The molecule has 0 atom stereocenters. The van der Waals surface area contributed by atoms with Gasteiger partial charge in [-0.2, -0.15) is 0 Å². The Hall–Kier alpha value is -1.94. The van der Waals surface area contributed by atoms with Crippen molar-refractivity contribution in [1.82, 2.24) is 4.90 Å². The first-order valence-corrected chi connectivity index (χ1v) is 7.91. The zero-order valence-corrected chi connectivity index (χ0v) is 12.8. The fraction of sp³-hybridized carbons (Fsp3) is 0.235. The van der Waals surface area contributed by atoms with Gasteiger partial charge in [0, 0.05) is 18.0 Å². The van der Waals surface area contributed by atoms with Crippen molar-refractivity contribution in [2.45, 2.75) is 18.4 Å². The molecular weight excluding hydrogens is 282 g/mol. The van der Waals surface area contributed by atoms with E-state index in [-0.39, 0.29) is 11.7 Å². The Kier molecular flexibility index (Phi) is 5.69. The molecule has 0 saturated carbocycles. The highest BCUT2D eigenvalue weighted by atomic mass is 32.2. The number of para-hydroxylation sites is 1. The molecule has 110 valence electrons. The molecule has 2 aromatic rings. The first kappa shape index (κ1) is 15.4. The number of rotatable bonds is 6. The summed E-state index contributed by atoms with van der Waals surface area (Å²) >= 11 is 1.37. The summed E-state index contributed by atoms with van der Waals surface area (Å²) in [6.07, 6.45) is 0. The quantitative estimate of drug-likeness (QED) is 0.830. The van der Waals surface area contributed by atoms with Crippen LogP contribution in [0.2, 0.25) is 0 Å². The molecular formula is C17H19NO2S. The van der Waals surface area contributed by atoms with E-state index in [1.807, 2.05) is 54.3 Å². The van der Waals surface area contributed by atoms with E-state index in [9.17, 15) is 9.90 Å². The van der Waals surface area contributed by atoms with E-state index in [2.05, 4.69) is 0 Å². The molecule has 0 spiro atoms. The molecule has 21 heavy (non-hydrogen) atoms. The van der Waals surface area contributed by atoms with Gasteiger partial charge in [0.2, 0.25) is 5.91 Å².